The maximum absolute atomic E-state index is 5.40. The highest BCUT2D eigenvalue weighted by Gasteiger charge is 1.93. The van der Waals surface area contributed by atoms with Crippen molar-refractivity contribution in [2.45, 2.75) is 70.8 Å². The molecule has 0 amide bonds. The van der Waals surface area contributed by atoms with E-state index in [0.717, 1.165) is 6.42 Å². The third-order valence-electron chi connectivity index (χ3n) is 3.02. The quantitative estimate of drug-likeness (QED) is 0.228. The first-order valence-corrected chi connectivity index (χ1v) is 7.40. The molecule has 0 bridgehead atoms. The molecule has 0 saturated carbocycles. The first kappa shape index (κ1) is 17.0. The second kappa shape index (κ2) is 14.1. The summed E-state index contributed by atoms with van der Waals surface area (Å²) in [6.45, 7) is 9.60. The van der Waals surface area contributed by atoms with E-state index in [2.05, 4.69) is 26.2 Å². The molecular formula is C17H30O. The summed E-state index contributed by atoms with van der Waals surface area (Å²) in [5.41, 5.74) is 0. The van der Waals surface area contributed by atoms with Gasteiger partial charge in [0.15, 0.2) is 0 Å². The van der Waals surface area contributed by atoms with Crippen LogP contribution in [0.5, 0.6) is 0 Å². The van der Waals surface area contributed by atoms with E-state index in [-0.39, 0.29) is 6.10 Å². The Morgan fingerprint density at radius 3 is 2.00 bits per heavy atom. The molecule has 0 aliphatic rings. The van der Waals surface area contributed by atoms with Crippen molar-refractivity contribution in [3.8, 4) is 0 Å². The highest BCUT2D eigenvalue weighted by molar-refractivity contribution is 4.95. The molecule has 0 atom stereocenters. The molecule has 0 aliphatic carbocycles. The lowest BCUT2D eigenvalue weighted by Crippen LogP contribution is -1.99. The average Bonchev–Trinajstić information content (AvgIpc) is 2.40. The second-order valence-corrected chi connectivity index (χ2v) is 4.71. The monoisotopic (exact) mass is 250 g/mol. The summed E-state index contributed by atoms with van der Waals surface area (Å²) in [6.07, 6.45) is 19.3. The van der Waals surface area contributed by atoms with Gasteiger partial charge in [-0.1, -0.05) is 65.0 Å². The molecule has 0 saturated heterocycles. The van der Waals surface area contributed by atoms with Gasteiger partial charge >= 0.3 is 0 Å². The predicted molar refractivity (Wildman–Crippen MR) is 81.6 cm³/mol. The molecule has 0 aromatic carbocycles. The molecule has 18 heavy (non-hydrogen) atoms. The van der Waals surface area contributed by atoms with E-state index in [1.54, 1.807) is 18.4 Å². The second-order valence-electron chi connectivity index (χ2n) is 4.71. The molecule has 0 unspecified atom stereocenters. The predicted octanol–water partition coefficient (Wildman–Crippen LogP) is 5.79. The zero-order chi connectivity index (χ0) is 13.5. The molecule has 104 valence electrons. The summed E-state index contributed by atoms with van der Waals surface area (Å²) >= 11 is 0. The van der Waals surface area contributed by atoms with Gasteiger partial charge in [-0.15, -0.1) is 0 Å². The molecule has 1 heteroatoms. The standard InChI is InChI=1S/C17H30O/c1-4-7-8-9-10-11-12-13-14-15-16-18-17(5-2)6-3/h5-6,15-17H,2-4,7-14H2,1H3. The van der Waals surface area contributed by atoms with Gasteiger partial charge in [0.1, 0.15) is 6.10 Å². The summed E-state index contributed by atoms with van der Waals surface area (Å²) < 4.78 is 5.40. The van der Waals surface area contributed by atoms with Gasteiger partial charge in [0, 0.05) is 0 Å². The molecule has 0 rings (SSSR count). The van der Waals surface area contributed by atoms with E-state index in [1.165, 1.54) is 51.4 Å². The summed E-state index contributed by atoms with van der Waals surface area (Å²) in [5.74, 6) is 0. The minimum Gasteiger partial charge on any atom is -0.490 e. The molecule has 0 heterocycles. The Labute approximate surface area is 114 Å². The van der Waals surface area contributed by atoms with Crippen LogP contribution < -0.4 is 0 Å². The zero-order valence-corrected chi connectivity index (χ0v) is 12.1. The van der Waals surface area contributed by atoms with Crippen molar-refractivity contribution in [2.75, 3.05) is 0 Å². The summed E-state index contributed by atoms with van der Waals surface area (Å²) in [5, 5.41) is 0. The highest BCUT2D eigenvalue weighted by atomic mass is 16.5. The van der Waals surface area contributed by atoms with Crippen molar-refractivity contribution < 1.29 is 4.74 Å². The lowest BCUT2D eigenvalue weighted by atomic mass is 10.1. The first-order chi connectivity index (χ1) is 8.85. The van der Waals surface area contributed by atoms with E-state index in [4.69, 9.17) is 4.74 Å². The topological polar surface area (TPSA) is 9.23 Å². The Bertz CT molecular complexity index is 210. The Hall–Kier alpha value is -0.980. The van der Waals surface area contributed by atoms with Crippen molar-refractivity contribution in [3.63, 3.8) is 0 Å². The third kappa shape index (κ3) is 11.5. The van der Waals surface area contributed by atoms with Crippen molar-refractivity contribution in [3.05, 3.63) is 37.6 Å². The molecule has 0 aromatic rings. The first-order valence-electron chi connectivity index (χ1n) is 7.40. The Balaban J connectivity index is 3.22. The van der Waals surface area contributed by atoms with Gasteiger partial charge in [-0.3, -0.25) is 0 Å². The van der Waals surface area contributed by atoms with Crippen LogP contribution in [0.15, 0.2) is 37.6 Å². The van der Waals surface area contributed by atoms with Crippen LogP contribution in [0.25, 0.3) is 0 Å². The average molecular weight is 250 g/mol. The molecular weight excluding hydrogens is 220 g/mol. The summed E-state index contributed by atoms with van der Waals surface area (Å²) in [7, 11) is 0. The minimum atomic E-state index is -0.0557. The Kier molecular flexibility index (Phi) is 13.3. The molecule has 1 nitrogen and oxygen atoms in total. The van der Waals surface area contributed by atoms with Gasteiger partial charge in [-0.2, -0.15) is 0 Å². The largest absolute Gasteiger partial charge is 0.490 e. The number of unbranched alkanes of at least 4 members (excludes halogenated alkanes) is 8. The van der Waals surface area contributed by atoms with Crippen LogP contribution in [0.4, 0.5) is 0 Å². The van der Waals surface area contributed by atoms with Crippen LogP contribution in [-0.2, 0) is 4.74 Å². The number of allylic oxidation sites excluding steroid dienone is 1. The van der Waals surface area contributed by atoms with Gasteiger partial charge in [-0.05, 0) is 31.1 Å². The van der Waals surface area contributed by atoms with Crippen LogP contribution in [0.1, 0.15) is 64.7 Å². The Morgan fingerprint density at radius 2 is 1.44 bits per heavy atom. The van der Waals surface area contributed by atoms with Gasteiger partial charge in [0.05, 0.1) is 6.26 Å². The van der Waals surface area contributed by atoms with Crippen molar-refractivity contribution in [1.29, 1.82) is 0 Å². The zero-order valence-electron chi connectivity index (χ0n) is 12.1. The third-order valence-corrected chi connectivity index (χ3v) is 3.02. The van der Waals surface area contributed by atoms with Crippen LogP contribution in [-0.4, -0.2) is 6.10 Å². The van der Waals surface area contributed by atoms with E-state index in [9.17, 15) is 0 Å². The Morgan fingerprint density at radius 1 is 0.889 bits per heavy atom. The van der Waals surface area contributed by atoms with Gasteiger partial charge in [0.25, 0.3) is 0 Å². The lowest BCUT2D eigenvalue weighted by molar-refractivity contribution is 0.227. The van der Waals surface area contributed by atoms with E-state index >= 15 is 0 Å². The number of hydrogen-bond acceptors (Lipinski definition) is 1. The molecule has 0 aliphatic heterocycles. The fourth-order valence-electron chi connectivity index (χ4n) is 1.82. The number of hydrogen-bond donors (Lipinski definition) is 0. The lowest BCUT2D eigenvalue weighted by Gasteiger charge is -2.05. The number of ether oxygens (including phenoxy) is 1. The van der Waals surface area contributed by atoms with Crippen LogP contribution >= 0.6 is 0 Å². The SMILES string of the molecule is C=CC(C=C)OC=CCCCCCCCCCC. The van der Waals surface area contributed by atoms with Crippen molar-refractivity contribution in [1.82, 2.24) is 0 Å². The maximum Gasteiger partial charge on any atom is 0.134 e. The molecule has 0 aromatic heterocycles. The number of rotatable bonds is 13. The maximum atomic E-state index is 5.40. The van der Waals surface area contributed by atoms with Crippen LogP contribution in [0.3, 0.4) is 0 Å². The van der Waals surface area contributed by atoms with Crippen molar-refractivity contribution >= 4 is 0 Å². The molecule has 0 fully saturated rings. The van der Waals surface area contributed by atoms with Crippen LogP contribution in [0.2, 0.25) is 0 Å². The van der Waals surface area contributed by atoms with E-state index in [0.29, 0.717) is 0 Å². The van der Waals surface area contributed by atoms with Gasteiger partial charge < -0.3 is 4.74 Å². The normalized spacial score (nSPS) is 11.0. The summed E-state index contributed by atoms with van der Waals surface area (Å²) in [4.78, 5) is 0. The summed E-state index contributed by atoms with van der Waals surface area (Å²) in [6, 6.07) is 0. The smallest absolute Gasteiger partial charge is 0.134 e. The highest BCUT2D eigenvalue weighted by Crippen LogP contribution is 2.09. The fraction of sp³-hybridized carbons (Fsp3) is 0.647. The molecule has 0 spiro atoms. The van der Waals surface area contributed by atoms with Crippen LogP contribution in [0, 0.1) is 0 Å². The minimum absolute atomic E-state index is 0.0557. The van der Waals surface area contributed by atoms with E-state index in [1.807, 2.05) is 0 Å². The van der Waals surface area contributed by atoms with E-state index < -0.39 is 0 Å². The van der Waals surface area contributed by atoms with Crippen molar-refractivity contribution in [2.24, 2.45) is 0 Å². The fourth-order valence-corrected chi connectivity index (χ4v) is 1.82. The van der Waals surface area contributed by atoms with Gasteiger partial charge in [0.2, 0.25) is 0 Å². The molecule has 0 radical (unpaired) electrons. The van der Waals surface area contributed by atoms with Gasteiger partial charge in [-0.25, -0.2) is 0 Å². The molecule has 0 N–H and O–H groups in total.